The molecule has 0 saturated heterocycles. The fourth-order valence-corrected chi connectivity index (χ4v) is 1.53. The lowest BCUT2D eigenvalue weighted by molar-refractivity contribution is -0.384. The highest BCUT2D eigenvalue weighted by molar-refractivity contribution is 6.04. The molecule has 0 atom stereocenters. The zero-order valence-corrected chi connectivity index (χ0v) is 10.4. The van der Waals surface area contributed by atoms with Crippen molar-refractivity contribution >= 4 is 23.6 Å². The van der Waals surface area contributed by atoms with E-state index in [1.165, 1.54) is 36.6 Å². The summed E-state index contributed by atoms with van der Waals surface area (Å²) in [7, 11) is 0. The number of carbonyl (C=O) groups excluding carboxylic acids is 1. The van der Waals surface area contributed by atoms with Crippen LogP contribution in [0, 0.1) is 10.1 Å². The predicted octanol–water partition coefficient (Wildman–Crippen LogP) is 3.48. The molecule has 0 aliphatic rings. The molecule has 100 valence electrons. The summed E-state index contributed by atoms with van der Waals surface area (Å²) < 4.78 is 5.05. The highest BCUT2D eigenvalue weighted by Crippen LogP contribution is 2.14. The van der Waals surface area contributed by atoms with Crippen molar-refractivity contribution in [3.8, 4) is 0 Å². The highest BCUT2D eigenvalue weighted by Gasteiger charge is 2.03. The van der Waals surface area contributed by atoms with Crippen molar-refractivity contribution in [3.63, 3.8) is 0 Å². The number of benzene rings is 1. The van der Waals surface area contributed by atoms with Crippen LogP contribution in [0.4, 0.5) is 5.69 Å². The second kappa shape index (κ2) is 6.29. The first-order valence-corrected chi connectivity index (χ1v) is 5.83. The lowest BCUT2D eigenvalue weighted by Crippen LogP contribution is -1.88. The number of non-ortho nitro benzene ring substituents is 1. The van der Waals surface area contributed by atoms with Crippen molar-refractivity contribution in [2.24, 2.45) is 0 Å². The van der Waals surface area contributed by atoms with Crippen LogP contribution < -0.4 is 0 Å². The Morgan fingerprint density at radius 2 is 1.95 bits per heavy atom. The van der Waals surface area contributed by atoms with E-state index in [-0.39, 0.29) is 11.5 Å². The van der Waals surface area contributed by atoms with Gasteiger partial charge in [-0.3, -0.25) is 14.9 Å². The van der Waals surface area contributed by atoms with E-state index in [0.29, 0.717) is 11.3 Å². The van der Waals surface area contributed by atoms with Crippen molar-refractivity contribution in [1.82, 2.24) is 0 Å². The fraction of sp³-hybridized carbons (Fsp3) is 0. The van der Waals surface area contributed by atoms with Gasteiger partial charge in [0, 0.05) is 12.1 Å². The molecule has 0 aliphatic heterocycles. The van der Waals surface area contributed by atoms with Crippen LogP contribution in [-0.4, -0.2) is 10.7 Å². The maximum atomic E-state index is 11.6. The molecule has 0 N–H and O–H groups in total. The summed E-state index contributed by atoms with van der Waals surface area (Å²) >= 11 is 0. The van der Waals surface area contributed by atoms with Gasteiger partial charge in [0.1, 0.15) is 5.76 Å². The summed E-state index contributed by atoms with van der Waals surface area (Å²) in [5, 5.41) is 10.6. The van der Waals surface area contributed by atoms with Crippen molar-refractivity contribution in [2.75, 3.05) is 0 Å². The molecule has 0 bridgehead atoms. The molecule has 1 heterocycles. The van der Waals surface area contributed by atoms with Gasteiger partial charge in [-0.05, 0) is 35.9 Å². The van der Waals surface area contributed by atoms with E-state index in [1.54, 1.807) is 30.3 Å². The summed E-state index contributed by atoms with van der Waals surface area (Å²) in [6.07, 6.45) is 7.32. The Labute approximate surface area is 115 Å². The molecule has 0 spiro atoms. The van der Waals surface area contributed by atoms with Crippen LogP contribution in [-0.2, 0) is 4.79 Å². The molecule has 5 nitrogen and oxygen atoms in total. The molecule has 2 rings (SSSR count). The predicted molar refractivity (Wildman–Crippen MR) is 74.9 cm³/mol. The topological polar surface area (TPSA) is 73.3 Å². The fourth-order valence-electron chi connectivity index (χ4n) is 1.53. The number of nitro benzene ring substituents is 1. The van der Waals surface area contributed by atoms with Gasteiger partial charge in [0.25, 0.3) is 5.69 Å². The lowest BCUT2D eigenvalue weighted by atomic mass is 10.1. The van der Waals surface area contributed by atoms with Gasteiger partial charge < -0.3 is 4.42 Å². The van der Waals surface area contributed by atoms with Crippen LogP contribution in [0.15, 0.2) is 59.2 Å². The van der Waals surface area contributed by atoms with E-state index in [0.717, 1.165) is 0 Å². The molecule has 0 aliphatic carbocycles. The zero-order chi connectivity index (χ0) is 14.4. The van der Waals surface area contributed by atoms with Gasteiger partial charge in [-0.25, -0.2) is 0 Å². The number of nitro groups is 1. The Morgan fingerprint density at radius 3 is 2.65 bits per heavy atom. The number of furan rings is 1. The molecule has 5 heteroatoms. The quantitative estimate of drug-likeness (QED) is 0.473. The number of hydrogen-bond donors (Lipinski definition) is 0. The Kier molecular flexibility index (Phi) is 4.24. The van der Waals surface area contributed by atoms with E-state index >= 15 is 0 Å². The number of rotatable bonds is 5. The van der Waals surface area contributed by atoms with Gasteiger partial charge in [0.15, 0.2) is 5.78 Å². The Balaban J connectivity index is 2.03. The summed E-state index contributed by atoms with van der Waals surface area (Å²) in [6, 6.07) is 9.52. The van der Waals surface area contributed by atoms with E-state index in [2.05, 4.69) is 0 Å². The van der Waals surface area contributed by atoms with Crippen molar-refractivity contribution in [2.45, 2.75) is 0 Å². The second-order valence-electron chi connectivity index (χ2n) is 3.94. The monoisotopic (exact) mass is 269 g/mol. The van der Waals surface area contributed by atoms with Crippen LogP contribution in [0.2, 0.25) is 0 Å². The van der Waals surface area contributed by atoms with Crippen molar-refractivity contribution in [1.29, 1.82) is 0 Å². The molecule has 0 amide bonds. The number of hydrogen-bond acceptors (Lipinski definition) is 4. The third kappa shape index (κ3) is 3.78. The zero-order valence-electron chi connectivity index (χ0n) is 10.4. The highest BCUT2D eigenvalue weighted by atomic mass is 16.6. The lowest BCUT2D eigenvalue weighted by Gasteiger charge is -1.93. The molecule has 0 saturated carbocycles. The Bertz CT molecular complexity index is 669. The first-order chi connectivity index (χ1) is 9.65. The smallest absolute Gasteiger partial charge is 0.270 e. The Hall–Kier alpha value is -2.95. The normalized spacial score (nSPS) is 11.2. The van der Waals surface area contributed by atoms with Crippen LogP contribution in [0.25, 0.3) is 12.2 Å². The van der Waals surface area contributed by atoms with Crippen molar-refractivity contribution in [3.05, 3.63) is 76.3 Å². The number of carbonyl (C=O) groups is 1. The van der Waals surface area contributed by atoms with Gasteiger partial charge in [-0.2, -0.15) is 0 Å². The molecule has 0 unspecified atom stereocenters. The largest absolute Gasteiger partial charge is 0.465 e. The van der Waals surface area contributed by atoms with Gasteiger partial charge >= 0.3 is 0 Å². The average molecular weight is 269 g/mol. The third-order valence-corrected chi connectivity index (χ3v) is 2.48. The molecule has 0 fully saturated rings. The molecule has 0 radical (unpaired) electrons. The Morgan fingerprint density at radius 1 is 1.15 bits per heavy atom. The number of ketones is 1. The second-order valence-corrected chi connectivity index (χ2v) is 3.94. The number of nitrogens with zero attached hydrogens (tertiary/aromatic N) is 1. The minimum atomic E-state index is -0.476. The van der Waals surface area contributed by atoms with Crippen LogP contribution in [0.5, 0.6) is 0 Å². The van der Waals surface area contributed by atoms with E-state index in [9.17, 15) is 14.9 Å². The maximum Gasteiger partial charge on any atom is 0.270 e. The third-order valence-electron chi connectivity index (χ3n) is 2.48. The first-order valence-electron chi connectivity index (χ1n) is 5.83. The first kappa shape index (κ1) is 13.5. The number of allylic oxidation sites excluding steroid dienone is 2. The molecule has 1 aromatic heterocycles. The molecular weight excluding hydrogens is 258 g/mol. The van der Waals surface area contributed by atoms with Gasteiger partial charge in [-0.1, -0.05) is 18.2 Å². The van der Waals surface area contributed by atoms with E-state index < -0.39 is 4.92 Å². The van der Waals surface area contributed by atoms with E-state index in [4.69, 9.17) is 4.42 Å². The standard InChI is InChI=1S/C15H11NO4/c17-14(8-9-15-5-2-10-20-15)7-6-12-3-1-4-13(11-12)16(18)19/h1-11H/b7-6-,9-8-. The van der Waals surface area contributed by atoms with Crippen LogP contribution >= 0.6 is 0 Å². The minimum Gasteiger partial charge on any atom is -0.465 e. The molecule has 1 aromatic carbocycles. The van der Waals surface area contributed by atoms with Crippen molar-refractivity contribution < 1.29 is 14.1 Å². The van der Waals surface area contributed by atoms with E-state index in [1.807, 2.05) is 0 Å². The SMILES string of the molecule is O=C(/C=C\c1cccc([N+](=O)[O-])c1)/C=C\c1ccco1. The molecule has 20 heavy (non-hydrogen) atoms. The van der Waals surface area contributed by atoms with Gasteiger partial charge in [0.05, 0.1) is 11.2 Å². The summed E-state index contributed by atoms with van der Waals surface area (Å²) in [4.78, 5) is 21.7. The maximum absolute atomic E-state index is 11.6. The summed E-state index contributed by atoms with van der Waals surface area (Å²) in [5.41, 5.74) is 0.588. The molecule has 2 aromatic rings. The van der Waals surface area contributed by atoms with Crippen LogP contribution in [0.1, 0.15) is 11.3 Å². The van der Waals surface area contributed by atoms with Gasteiger partial charge in [-0.15, -0.1) is 0 Å². The van der Waals surface area contributed by atoms with Crippen LogP contribution in [0.3, 0.4) is 0 Å². The minimum absolute atomic E-state index is 0.00859. The average Bonchev–Trinajstić information content (AvgIpc) is 2.96. The van der Waals surface area contributed by atoms with Gasteiger partial charge in [0.2, 0.25) is 0 Å². The summed E-state index contributed by atoms with van der Waals surface area (Å²) in [6.45, 7) is 0. The summed E-state index contributed by atoms with van der Waals surface area (Å²) in [5.74, 6) is 0.356. The molecular formula is C15H11NO4.